The van der Waals surface area contributed by atoms with Gasteiger partial charge in [0.2, 0.25) is 10.9 Å². The van der Waals surface area contributed by atoms with Crippen molar-refractivity contribution in [1.29, 1.82) is 5.53 Å². The number of nitrogens with zero attached hydrogens (tertiary/aromatic N) is 5. The van der Waals surface area contributed by atoms with Gasteiger partial charge < -0.3 is 0 Å². The van der Waals surface area contributed by atoms with Gasteiger partial charge in [0.15, 0.2) is 10.8 Å². The summed E-state index contributed by atoms with van der Waals surface area (Å²) in [6.45, 7) is 0. The number of terminal acetylenes is 1. The predicted octanol–water partition coefficient (Wildman–Crippen LogP) is 3.94. The van der Waals surface area contributed by atoms with Crippen LogP contribution in [0, 0.1) is 17.9 Å². The van der Waals surface area contributed by atoms with E-state index < -0.39 is 11.8 Å². The maximum absolute atomic E-state index is 12.8. The summed E-state index contributed by atoms with van der Waals surface area (Å²) in [6, 6.07) is 21.9. The maximum atomic E-state index is 12.8. The Hall–Kier alpha value is -5.39. The molecule has 4 aromatic rings. The Kier molecular flexibility index (Phi) is 6.31. The van der Waals surface area contributed by atoms with Crippen molar-refractivity contribution < 1.29 is 9.59 Å². The van der Waals surface area contributed by atoms with Crippen LogP contribution in [0.1, 0.15) is 26.3 Å². The second kappa shape index (κ2) is 9.82. The quantitative estimate of drug-likeness (QED) is 0.233. The van der Waals surface area contributed by atoms with Crippen LogP contribution in [-0.4, -0.2) is 26.6 Å². The standard InChI is InChI=1S/C24H16N8O2/c1-2-16-11-13-17(14-12-16)21(33)27-24-28-23(30-32(24)20-9-4-3-5-10-20)26-22(34)18-7-6-8-19(15-18)29-31-25/h1,3-15,25H,(H-,26,27,28,30,33,34)/p+1. The van der Waals surface area contributed by atoms with Crippen molar-refractivity contribution in [3.05, 3.63) is 95.6 Å². The van der Waals surface area contributed by atoms with Gasteiger partial charge in [-0.05, 0) is 54.6 Å². The number of carbonyl (C=O) groups excluding carboxylic acids is 2. The Bertz CT molecular complexity index is 1450. The molecule has 0 saturated carbocycles. The summed E-state index contributed by atoms with van der Waals surface area (Å²) in [5.41, 5.74) is 9.14. The first kappa shape index (κ1) is 21.8. The molecule has 0 fully saturated rings. The third kappa shape index (κ3) is 4.91. The molecule has 2 amide bonds. The maximum Gasteiger partial charge on any atom is 0.258 e. The molecule has 10 nitrogen and oxygen atoms in total. The van der Waals surface area contributed by atoms with Crippen LogP contribution in [0.25, 0.3) is 5.69 Å². The number of benzene rings is 3. The predicted molar refractivity (Wildman–Crippen MR) is 125 cm³/mol. The molecule has 0 aliphatic rings. The normalized spacial score (nSPS) is 9.97. The minimum atomic E-state index is -0.491. The minimum Gasteiger partial charge on any atom is -0.290 e. The minimum absolute atomic E-state index is 0.0145. The van der Waals surface area contributed by atoms with E-state index in [0.29, 0.717) is 22.5 Å². The number of nitrogens with one attached hydrogen (secondary N) is 3. The molecular formula is C24H17N8O2+. The van der Waals surface area contributed by atoms with E-state index >= 15 is 0 Å². The first-order valence-corrected chi connectivity index (χ1v) is 9.97. The molecule has 0 atom stereocenters. The van der Waals surface area contributed by atoms with Crippen molar-refractivity contribution in [2.75, 3.05) is 10.6 Å². The molecule has 1 aromatic heterocycles. The second-order valence-corrected chi connectivity index (χ2v) is 6.89. The van der Waals surface area contributed by atoms with E-state index in [1.165, 1.54) is 10.7 Å². The van der Waals surface area contributed by atoms with Gasteiger partial charge in [0.1, 0.15) is 5.53 Å². The molecule has 0 bridgehead atoms. The van der Waals surface area contributed by atoms with Gasteiger partial charge in [0.05, 0.1) is 5.69 Å². The largest absolute Gasteiger partial charge is 0.290 e. The third-order valence-corrected chi connectivity index (χ3v) is 4.65. The van der Waals surface area contributed by atoms with Crippen molar-refractivity contribution in [2.45, 2.75) is 0 Å². The molecule has 3 N–H and O–H groups in total. The molecule has 0 aliphatic carbocycles. The number of aromatic nitrogens is 3. The van der Waals surface area contributed by atoms with Gasteiger partial charge in [-0.15, -0.1) is 11.5 Å². The Morgan fingerprint density at radius 3 is 2.38 bits per heavy atom. The third-order valence-electron chi connectivity index (χ3n) is 4.65. The number of hydrogen-bond acceptors (Lipinski definition) is 6. The fourth-order valence-corrected chi connectivity index (χ4v) is 3.03. The molecule has 0 unspecified atom stereocenters. The molecule has 0 aliphatic heterocycles. The summed E-state index contributed by atoms with van der Waals surface area (Å²) in [5, 5.41) is 13.3. The van der Waals surface area contributed by atoms with Gasteiger partial charge in [-0.2, -0.15) is 9.67 Å². The number of para-hydroxylation sites is 1. The zero-order valence-electron chi connectivity index (χ0n) is 17.6. The summed E-state index contributed by atoms with van der Waals surface area (Å²) < 4.78 is 1.41. The van der Waals surface area contributed by atoms with Crippen LogP contribution < -0.4 is 15.5 Å². The second-order valence-electron chi connectivity index (χ2n) is 6.89. The highest BCUT2D eigenvalue weighted by atomic mass is 16.2. The molecular weight excluding hydrogens is 432 g/mol. The number of hydrogen-bond donors (Lipinski definition) is 3. The summed E-state index contributed by atoms with van der Waals surface area (Å²) in [7, 11) is 0. The summed E-state index contributed by atoms with van der Waals surface area (Å²) in [6.07, 6.45) is 5.37. The average Bonchev–Trinajstić information content (AvgIpc) is 3.26. The van der Waals surface area contributed by atoms with Crippen molar-refractivity contribution in [2.24, 2.45) is 5.11 Å². The first-order valence-electron chi connectivity index (χ1n) is 9.97. The van der Waals surface area contributed by atoms with Gasteiger partial charge >= 0.3 is 0 Å². The number of anilines is 2. The molecule has 34 heavy (non-hydrogen) atoms. The topological polar surface area (TPSA) is 139 Å². The van der Waals surface area contributed by atoms with E-state index in [9.17, 15) is 9.59 Å². The average molecular weight is 449 g/mol. The van der Waals surface area contributed by atoms with Gasteiger partial charge in [-0.1, -0.05) is 30.2 Å². The Balaban J connectivity index is 1.62. The monoisotopic (exact) mass is 449 g/mol. The van der Waals surface area contributed by atoms with E-state index in [2.05, 4.69) is 36.7 Å². The molecule has 0 radical (unpaired) electrons. The summed E-state index contributed by atoms with van der Waals surface area (Å²) >= 11 is 0. The van der Waals surface area contributed by atoms with E-state index in [0.717, 1.165) is 0 Å². The first-order chi connectivity index (χ1) is 16.6. The van der Waals surface area contributed by atoms with Crippen LogP contribution in [0.2, 0.25) is 0 Å². The fourth-order valence-electron chi connectivity index (χ4n) is 3.03. The van der Waals surface area contributed by atoms with E-state index in [-0.39, 0.29) is 17.5 Å². The lowest BCUT2D eigenvalue weighted by atomic mass is 10.1. The molecule has 4 rings (SSSR count). The summed E-state index contributed by atoms with van der Waals surface area (Å²) in [5.74, 6) is 1.69. The van der Waals surface area contributed by atoms with Gasteiger partial charge in [-0.3, -0.25) is 20.2 Å². The highest BCUT2D eigenvalue weighted by Gasteiger charge is 2.18. The highest BCUT2D eigenvalue weighted by molar-refractivity contribution is 6.05. The zero-order valence-corrected chi connectivity index (χ0v) is 17.6. The van der Waals surface area contributed by atoms with E-state index in [1.807, 2.05) is 18.2 Å². The van der Waals surface area contributed by atoms with Gasteiger partial charge in [0, 0.05) is 16.7 Å². The SMILES string of the molecule is C#Cc1ccc(C(=O)Nc2nc(NC(=O)c3cccc(N=[N+]=N)c3)nn2-c2ccccc2)cc1. The Labute approximate surface area is 193 Å². The van der Waals surface area contributed by atoms with Crippen molar-refractivity contribution in [3.8, 4) is 18.0 Å². The van der Waals surface area contributed by atoms with E-state index in [1.54, 1.807) is 54.6 Å². The van der Waals surface area contributed by atoms with Crippen molar-refractivity contribution in [3.63, 3.8) is 0 Å². The van der Waals surface area contributed by atoms with Crippen LogP contribution in [0.3, 0.4) is 0 Å². The van der Waals surface area contributed by atoms with Gasteiger partial charge in [0.25, 0.3) is 17.8 Å². The zero-order chi connectivity index (χ0) is 23.9. The van der Waals surface area contributed by atoms with Crippen LogP contribution >= 0.6 is 0 Å². The van der Waals surface area contributed by atoms with Crippen LogP contribution in [-0.2, 0) is 0 Å². The number of rotatable bonds is 6. The molecule has 1 heterocycles. The van der Waals surface area contributed by atoms with Crippen molar-refractivity contribution in [1.82, 2.24) is 19.7 Å². The molecule has 164 valence electrons. The number of amides is 2. The Morgan fingerprint density at radius 2 is 1.68 bits per heavy atom. The van der Waals surface area contributed by atoms with Crippen LogP contribution in [0.5, 0.6) is 0 Å². The van der Waals surface area contributed by atoms with E-state index in [4.69, 9.17) is 12.0 Å². The number of carbonyl (C=O) groups is 2. The molecule has 10 heteroatoms. The van der Waals surface area contributed by atoms with Gasteiger partial charge in [-0.25, -0.2) is 0 Å². The van der Waals surface area contributed by atoms with Crippen molar-refractivity contribution >= 4 is 29.4 Å². The Morgan fingerprint density at radius 1 is 0.941 bits per heavy atom. The lowest BCUT2D eigenvalue weighted by Crippen LogP contribution is -2.16. The molecule has 3 aromatic carbocycles. The summed E-state index contributed by atoms with van der Waals surface area (Å²) in [4.78, 5) is 32.8. The fraction of sp³-hybridized carbons (Fsp3) is 0. The molecule has 0 saturated heterocycles. The van der Waals surface area contributed by atoms with Crippen LogP contribution in [0.15, 0.2) is 84.0 Å². The molecule has 0 spiro atoms. The van der Waals surface area contributed by atoms with Crippen LogP contribution in [0.4, 0.5) is 17.6 Å². The lowest BCUT2D eigenvalue weighted by Gasteiger charge is -2.07. The smallest absolute Gasteiger partial charge is 0.258 e. The lowest BCUT2D eigenvalue weighted by molar-refractivity contribution is 0.101. The highest BCUT2D eigenvalue weighted by Crippen LogP contribution is 2.19.